The number of aromatic nitrogens is 2. The molecule has 3 aromatic carbocycles. The highest BCUT2D eigenvalue weighted by molar-refractivity contribution is 5.98. The molecule has 4 aromatic rings. The van der Waals surface area contributed by atoms with Gasteiger partial charge in [-0.3, -0.25) is 14.4 Å². The van der Waals surface area contributed by atoms with Gasteiger partial charge < -0.3 is 20.1 Å². The molecule has 1 aliphatic heterocycles. The van der Waals surface area contributed by atoms with E-state index in [1.807, 2.05) is 60.7 Å². The minimum absolute atomic E-state index is 0.131. The average Bonchev–Trinajstić information content (AvgIpc) is 3.06. The van der Waals surface area contributed by atoms with Crippen LogP contribution < -0.4 is 10.1 Å². The minimum atomic E-state index is -0.925. The molecule has 1 atom stereocenters. The Bertz CT molecular complexity index is 1680. The average molecular weight is 649 g/mol. The molecule has 0 bridgehead atoms. The number of carbonyl (C=O) groups excluding carboxylic acids is 2. The summed E-state index contributed by atoms with van der Waals surface area (Å²) in [6.45, 7) is 9.56. The summed E-state index contributed by atoms with van der Waals surface area (Å²) in [4.78, 5) is 48.6. The zero-order valence-electron chi connectivity index (χ0n) is 28.1. The second-order valence-corrected chi connectivity index (χ2v) is 13.2. The predicted octanol–water partition coefficient (Wildman–Crippen LogP) is 6.63. The van der Waals surface area contributed by atoms with E-state index >= 15 is 0 Å². The SMILES string of the molecule is CC(C)CCCOc1ccc(-c2cnc(-c3ccc(C[C@H](NC(=O)c4ccc(C(C)C)cc4)C(=O)N4CC(C(=O)O)C4)cc3)nc2)cc1. The summed E-state index contributed by atoms with van der Waals surface area (Å²) in [7, 11) is 0. The van der Waals surface area contributed by atoms with Gasteiger partial charge in [-0.25, -0.2) is 9.97 Å². The first kappa shape index (κ1) is 34.3. The molecule has 1 aliphatic rings. The number of carboxylic acids is 1. The van der Waals surface area contributed by atoms with E-state index in [2.05, 4.69) is 43.0 Å². The molecule has 9 nitrogen and oxygen atoms in total. The first-order valence-corrected chi connectivity index (χ1v) is 16.6. The van der Waals surface area contributed by atoms with Crippen LogP contribution in [0.1, 0.15) is 67.9 Å². The van der Waals surface area contributed by atoms with Crippen molar-refractivity contribution in [1.82, 2.24) is 20.2 Å². The van der Waals surface area contributed by atoms with Crippen molar-refractivity contribution in [2.75, 3.05) is 19.7 Å². The zero-order chi connectivity index (χ0) is 34.2. The van der Waals surface area contributed by atoms with Gasteiger partial charge in [-0.05, 0) is 65.6 Å². The Kier molecular flexibility index (Phi) is 11.2. The molecule has 48 heavy (non-hydrogen) atoms. The van der Waals surface area contributed by atoms with Crippen LogP contribution in [-0.2, 0) is 16.0 Å². The fourth-order valence-electron chi connectivity index (χ4n) is 5.57. The van der Waals surface area contributed by atoms with Crippen LogP contribution >= 0.6 is 0 Å². The van der Waals surface area contributed by atoms with Crippen LogP contribution in [0, 0.1) is 11.8 Å². The van der Waals surface area contributed by atoms with Crippen molar-refractivity contribution in [3.63, 3.8) is 0 Å². The van der Waals surface area contributed by atoms with Crippen molar-refractivity contribution in [1.29, 1.82) is 0 Å². The van der Waals surface area contributed by atoms with Gasteiger partial charge in [0.05, 0.1) is 12.5 Å². The molecule has 250 valence electrons. The number of amides is 2. The first-order valence-electron chi connectivity index (χ1n) is 16.6. The lowest BCUT2D eigenvalue weighted by atomic mass is 9.96. The number of hydrogen-bond acceptors (Lipinski definition) is 6. The van der Waals surface area contributed by atoms with E-state index in [9.17, 15) is 19.5 Å². The van der Waals surface area contributed by atoms with Gasteiger partial charge >= 0.3 is 5.97 Å². The number of rotatable bonds is 14. The Balaban J connectivity index is 1.23. The van der Waals surface area contributed by atoms with E-state index in [1.54, 1.807) is 24.5 Å². The molecule has 1 fully saturated rings. The molecule has 0 radical (unpaired) electrons. The summed E-state index contributed by atoms with van der Waals surface area (Å²) in [6, 6.07) is 22.0. The molecule has 1 saturated heterocycles. The predicted molar refractivity (Wildman–Crippen MR) is 186 cm³/mol. The monoisotopic (exact) mass is 648 g/mol. The van der Waals surface area contributed by atoms with Crippen LogP contribution in [0.4, 0.5) is 0 Å². The van der Waals surface area contributed by atoms with E-state index in [-0.39, 0.29) is 31.3 Å². The number of aliphatic carboxylic acids is 1. The number of carboxylic acid groups (broad SMARTS) is 1. The fourth-order valence-corrected chi connectivity index (χ4v) is 5.57. The molecule has 0 saturated carbocycles. The summed E-state index contributed by atoms with van der Waals surface area (Å²) in [5.41, 5.74) is 5.13. The normalized spacial score (nSPS) is 13.7. The highest BCUT2D eigenvalue weighted by atomic mass is 16.5. The molecule has 0 aliphatic carbocycles. The highest BCUT2D eigenvalue weighted by Crippen LogP contribution is 2.25. The van der Waals surface area contributed by atoms with Gasteiger partial charge in [0.25, 0.3) is 5.91 Å². The highest BCUT2D eigenvalue weighted by Gasteiger charge is 2.38. The maximum atomic E-state index is 13.4. The summed E-state index contributed by atoms with van der Waals surface area (Å²) in [5, 5.41) is 12.2. The second kappa shape index (κ2) is 15.7. The largest absolute Gasteiger partial charge is 0.494 e. The lowest BCUT2D eigenvalue weighted by molar-refractivity contribution is -0.153. The number of carbonyl (C=O) groups is 3. The molecule has 5 rings (SSSR count). The molecule has 9 heteroatoms. The van der Waals surface area contributed by atoms with Gasteiger partial charge in [-0.2, -0.15) is 0 Å². The van der Waals surface area contributed by atoms with Crippen LogP contribution in [0.15, 0.2) is 85.2 Å². The molecular weight excluding hydrogens is 604 g/mol. The van der Waals surface area contributed by atoms with Crippen LogP contribution in [0.2, 0.25) is 0 Å². The van der Waals surface area contributed by atoms with E-state index in [1.165, 1.54) is 4.90 Å². The smallest absolute Gasteiger partial charge is 0.310 e. The Labute approximate surface area is 282 Å². The lowest BCUT2D eigenvalue weighted by Crippen LogP contribution is -2.59. The van der Waals surface area contributed by atoms with Crippen molar-refractivity contribution in [2.45, 2.75) is 58.9 Å². The number of hydrogen-bond donors (Lipinski definition) is 2. The third-order valence-corrected chi connectivity index (χ3v) is 8.67. The molecular formula is C39H44N4O5. The van der Waals surface area contributed by atoms with Crippen molar-refractivity contribution < 1.29 is 24.2 Å². The minimum Gasteiger partial charge on any atom is -0.494 e. The number of likely N-dealkylation sites (tertiary alicyclic amines) is 1. The summed E-state index contributed by atoms with van der Waals surface area (Å²) in [5.74, 6) is 0.257. The van der Waals surface area contributed by atoms with Crippen molar-refractivity contribution in [2.24, 2.45) is 11.8 Å². The number of benzene rings is 3. The molecule has 2 N–H and O–H groups in total. The number of nitrogens with zero attached hydrogens (tertiary/aromatic N) is 3. The van der Waals surface area contributed by atoms with Gasteiger partial charge in [0.15, 0.2) is 5.82 Å². The van der Waals surface area contributed by atoms with Crippen LogP contribution in [0.3, 0.4) is 0 Å². The quantitative estimate of drug-likeness (QED) is 0.147. The summed E-state index contributed by atoms with van der Waals surface area (Å²) in [6.07, 6.45) is 6.02. The third-order valence-electron chi connectivity index (χ3n) is 8.67. The Morgan fingerprint density at radius 1 is 0.854 bits per heavy atom. The van der Waals surface area contributed by atoms with Crippen molar-refractivity contribution >= 4 is 17.8 Å². The van der Waals surface area contributed by atoms with Crippen LogP contribution in [0.25, 0.3) is 22.5 Å². The summed E-state index contributed by atoms with van der Waals surface area (Å²) >= 11 is 0. The first-order chi connectivity index (χ1) is 23.1. The molecule has 1 aromatic heterocycles. The number of nitrogens with one attached hydrogen (secondary N) is 1. The molecule has 2 heterocycles. The van der Waals surface area contributed by atoms with E-state index < -0.39 is 17.9 Å². The Morgan fingerprint density at radius 3 is 2.06 bits per heavy atom. The van der Waals surface area contributed by atoms with E-state index in [4.69, 9.17) is 4.74 Å². The molecule has 0 spiro atoms. The summed E-state index contributed by atoms with van der Waals surface area (Å²) < 4.78 is 5.86. The van der Waals surface area contributed by atoms with Gasteiger partial charge in [-0.15, -0.1) is 0 Å². The van der Waals surface area contributed by atoms with Gasteiger partial charge in [0, 0.05) is 48.6 Å². The van der Waals surface area contributed by atoms with Crippen molar-refractivity contribution in [3.05, 3.63) is 102 Å². The lowest BCUT2D eigenvalue weighted by Gasteiger charge is -2.39. The van der Waals surface area contributed by atoms with Crippen LogP contribution in [-0.4, -0.2) is 63.5 Å². The third kappa shape index (κ3) is 8.85. The number of ether oxygens (including phenoxy) is 1. The maximum Gasteiger partial charge on any atom is 0.310 e. The van der Waals surface area contributed by atoms with E-state index in [0.717, 1.165) is 46.4 Å². The second-order valence-electron chi connectivity index (χ2n) is 13.2. The van der Waals surface area contributed by atoms with Crippen molar-refractivity contribution in [3.8, 4) is 28.3 Å². The maximum absolute atomic E-state index is 13.4. The zero-order valence-corrected chi connectivity index (χ0v) is 28.1. The van der Waals surface area contributed by atoms with Gasteiger partial charge in [0.2, 0.25) is 5.91 Å². The Hall–Kier alpha value is -5.05. The molecule has 2 amide bonds. The fraction of sp³-hybridized carbons (Fsp3) is 0.359. The van der Waals surface area contributed by atoms with E-state index in [0.29, 0.717) is 29.8 Å². The topological polar surface area (TPSA) is 122 Å². The standard InChI is InChI=1S/C39H44N4O5/c1-25(2)6-5-19-48-34-17-15-29(16-18-34)32-21-40-36(41-22-32)30-9-7-27(8-10-30)20-35(38(45)43-23-33(24-43)39(46)47)42-37(44)31-13-11-28(12-14-31)26(3)4/h7-18,21-22,25-26,33,35H,5-6,19-20,23-24H2,1-4H3,(H,42,44)(H,46,47)/t35-/m0/s1. The van der Waals surface area contributed by atoms with Gasteiger partial charge in [-0.1, -0.05) is 76.2 Å². The Morgan fingerprint density at radius 2 is 1.48 bits per heavy atom. The molecule has 0 unspecified atom stereocenters. The van der Waals surface area contributed by atoms with Gasteiger partial charge in [0.1, 0.15) is 11.8 Å². The van der Waals surface area contributed by atoms with Crippen LogP contribution in [0.5, 0.6) is 5.75 Å².